The van der Waals surface area contributed by atoms with E-state index in [1.807, 2.05) is 19.1 Å². The van der Waals surface area contributed by atoms with Gasteiger partial charge in [0.1, 0.15) is 18.9 Å². The van der Waals surface area contributed by atoms with E-state index in [9.17, 15) is 14.4 Å². The standard InChI is InChI=1S/C22H18N2O4S/c1-3-12-28-18-10-6-16(7-11-18)13-19-21(26)24(22(27)29-19)14-20(25)23-17-8-4-15(2)5-9-17/h1,4-11,13H,12,14H2,2H3,(H,23,25). The van der Waals surface area contributed by atoms with Gasteiger partial charge in [-0.1, -0.05) is 35.7 Å². The summed E-state index contributed by atoms with van der Waals surface area (Å²) in [6.45, 7) is 1.77. The molecule has 1 heterocycles. The molecule has 7 heteroatoms. The summed E-state index contributed by atoms with van der Waals surface area (Å²) in [5, 5.41) is 2.21. The normalized spacial score (nSPS) is 14.8. The smallest absolute Gasteiger partial charge is 0.294 e. The van der Waals surface area contributed by atoms with Gasteiger partial charge >= 0.3 is 0 Å². The number of nitrogens with zero attached hydrogens (tertiary/aromatic N) is 1. The van der Waals surface area contributed by atoms with Crippen molar-refractivity contribution in [1.29, 1.82) is 0 Å². The minimum absolute atomic E-state index is 0.170. The Hall–Kier alpha value is -3.50. The molecule has 1 saturated heterocycles. The van der Waals surface area contributed by atoms with Gasteiger partial charge in [0.25, 0.3) is 11.1 Å². The molecular formula is C22H18N2O4S. The predicted molar refractivity (Wildman–Crippen MR) is 113 cm³/mol. The molecule has 3 amide bonds. The molecule has 146 valence electrons. The molecule has 1 N–H and O–H groups in total. The first-order valence-electron chi connectivity index (χ1n) is 8.74. The number of rotatable bonds is 6. The van der Waals surface area contributed by atoms with Crippen molar-refractivity contribution in [3.05, 3.63) is 64.6 Å². The number of nitrogens with one attached hydrogen (secondary N) is 1. The second kappa shape index (κ2) is 9.13. The first-order valence-corrected chi connectivity index (χ1v) is 9.56. The number of imide groups is 1. The molecule has 1 aliphatic heterocycles. The van der Waals surface area contributed by atoms with Crippen LogP contribution in [0, 0.1) is 19.3 Å². The quantitative estimate of drug-likeness (QED) is 0.585. The summed E-state index contributed by atoms with van der Waals surface area (Å²) >= 11 is 0.806. The molecule has 6 nitrogen and oxygen atoms in total. The highest BCUT2D eigenvalue weighted by Gasteiger charge is 2.36. The van der Waals surface area contributed by atoms with Crippen molar-refractivity contribution in [1.82, 2.24) is 4.90 Å². The van der Waals surface area contributed by atoms with Gasteiger partial charge in [0.2, 0.25) is 5.91 Å². The van der Waals surface area contributed by atoms with E-state index in [0.29, 0.717) is 11.4 Å². The molecule has 2 aromatic rings. The van der Waals surface area contributed by atoms with Crippen LogP contribution in [0.15, 0.2) is 53.4 Å². The molecule has 1 fully saturated rings. The number of hydrogen-bond donors (Lipinski definition) is 1. The van der Waals surface area contributed by atoms with Crippen LogP contribution < -0.4 is 10.1 Å². The molecule has 3 rings (SSSR count). The molecule has 0 aliphatic carbocycles. The zero-order chi connectivity index (χ0) is 20.8. The lowest BCUT2D eigenvalue weighted by Crippen LogP contribution is -2.36. The Kier molecular flexibility index (Phi) is 6.37. The maximum Gasteiger partial charge on any atom is 0.294 e. The molecule has 0 saturated carbocycles. The molecule has 2 aromatic carbocycles. The SMILES string of the molecule is C#CCOc1ccc(C=C2SC(=O)N(CC(=O)Nc3ccc(C)cc3)C2=O)cc1. The Bertz CT molecular complexity index is 1000. The lowest BCUT2D eigenvalue weighted by molar-refractivity contribution is -0.127. The van der Waals surface area contributed by atoms with E-state index >= 15 is 0 Å². The van der Waals surface area contributed by atoms with E-state index in [1.54, 1.807) is 42.5 Å². The molecule has 0 unspecified atom stereocenters. The van der Waals surface area contributed by atoms with Crippen molar-refractivity contribution < 1.29 is 19.1 Å². The van der Waals surface area contributed by atoms with Crippen LogP contribution in [0.1, 0.15) is 11.1 Å². The van der Waals surface area contributed by atoms with Crippen molar-refractivity contribution >= 4 is 40.6 Å². The van der Waals surface area contributed by atoms with Gasteiger partial charge in [-0.2, -0.15) is 0 Å². The van der Waals surface area contributed by atoms with Crippen molar-refractivity contribution in [3.8, 4) is 18.1 Å². The van der Waals surface area contributed by atoms with E-state index in [0.717, 1.165) is 27.8 Å². The summed E-state index contributed by atoms with van der Waals surface area (Å²) in [6.07, 6.45) is 6.75. The van der Waals surface area contributed by atoms with Gasteiger partial charge in [0, 0.05) is 5.69 Å². The number of aryl methyl sites for hydroxylation is 1. The van der Waals surface area contributed by atoms with Crippen molar-refractivity contribution in [2.75, 3.05) is 18.5 Å². The fraction of sp³-hybridized carbons (Fsp3) is 0.136. The van der Waals surface area contributed by atoms with Crippen LogP contribution in [0.3, 0.4) is 0 Å². The molecule has 0 radical (unpaired) electrons. The van der Waals surface area contributed by atoms with E-state index in [1.165, 1.54) is 0 Å². The summed E-state index contributed by atoms with van der Waals surface area (Å²) in [4.78, 5) is 38.2. The van der Waals surface area contributed by atoms with E-state index in [-0.39, 0.29) is 18.1 Å². The molecule has 0 atom stereocenters. The average molecular weight is 406 g/mol. The van der Waals surface area contributed by atoms with Crippen molar-refractivity contribution in [3.63, 3.8) is 0 Å². The predicted octanol–water partition coefficient (Wildman–Crippen LogP) is 3.68. The maximum atomic E-state index is 12.6. The molecule has 0 bridgehead atoms. The third-order valence-corrected chi connectivity index (χ3v) is 4.92. The van der Waals surface area contributed by atoms with Gasteiger partial charge in [0.15, 0.2) is 0 Å². The molecule has 0 aromatic heterocycles. The number of terminal acetylenes is 1. The topological polar surface area (TPSA) is 75.7 Å². The number of ether oxygens (including phenoxy) is 1. The second-order valence-corrected chi connectivity index (χ2v) is 7.24. The van der Waals surface area contributed by atoms with E-state index in [4.69, 9.17) is 11.2 Å². The van der Waals surface area contributed by atoms with Crippen LogP contribution in [-0.4, -0.2) is 35.1 Å². The number of thioether (sulfide) groups is 1. The third kappa shape index (κ3) is 5.27. The highest BCUT2D eigenvalue weighted by Crippen LogP contribution is 2.32. The van der Waals surface area contributed by atoms with Gasteiger partial charge in [-0.25, -0.2) is 0 Å². The van der Waals surface area contributed by atoms with Gasteiger partial charge in [0.05, 0.1) is 4.91 Å². The van der Waals surface area contributed by atoms with Gasteiger partial charge in [-0.15, -0.1) is 6.42 Å². The van der Waals surface area contributed by atoms with Crippen LogP contribution in [-0.2, 0) is 9.59 Å². The summed E-state index contributed by atoms with van der Waals surface area (Å²) in [6, 6.07) is 14.2. The zero-order valence-electron chi connectivity index (χ0n) is 15.7. The van der Waals surface area contributed by atoms with Crippen molar-refractivity contribution in [2.45, 2.75) is 6.92 Å². The van der Waals surface area contributed by atoms with Gasteiger partial charge in [-0.3, -0.25) is 19.3 Å². The van der Waals surface area contributed by atoms with Crippen LogP contribution in [0.25, 0.3) is 6.08 Å². The Morgan fingerprint density at radius 3 is 2.52 bits per heavy atom. The highest BCUT2D eigenvalue weighted by atomic mass is 32.2. The van der Waals surface area contributed by atoms with Crippen LogP contribution in [0.4, 0.5) is 10.5 Å². The molecular weight excluding hydrogens is 388 g/mol. The van der Waals surface area contributed by atoms with E-state index in [2.05, 4.69) is 11.2 Å². The monoisotopic (exact) mass is 406 g/mol. The number of amides is 3. The number of carbonyl (C=O) groups is 3. The van der Waals surface area contributed by atoms with Crippen LogP contribution >= 0.6 is 11.8 Å². The van der Waals surface area contributed by atoms with Crippen LogP contribution in [0.2, 0.25) is 0 Å². The summed E-state index contributed by atoms with van der Waals surface area (Å²) in [5.74, 6) is 2.06. The minimum Gasteiger partial charge on any atom is -0.481 e. The fourth-order valence-electron chi connectivity index (χ4n) is 2.55. The van der Waals surface area contributed by atoms with E-state index < -0.39 is 17.1 Å². The number of anilines is 1. The fourth-order valence-corrected chi connectivity index (χ4v) is 3.39. The average Bonchev–Trinajstić information content (AvgIpc) is 2.96. The van der Waals surface area contributed by atoms with Crippen molar-refractivity contribution in [2.24, 2.45) is 0 Å². The summed E-state index contributed by atoms with van der Waals surface area (Å²) in [7, 11) is 0. The van der Waals surface area contributed by atoms with Gasteiger partial charge in [-0.05, 0) is 54.6 Å². The molecule has 29 heavy (non-hydrogen) atoms. The Labute approximate surface area is 172 Å². The Balaban J connectivity index is 1.64. The summed E-state index contributed by atoms with van der Waals surface area (Å²) in [5.41, 5.74) is 2.40. The lowest BCUT2D eigenvalue weighted by Gasteiger charge is -2.12. The zero-order valence-corrected chi connectivity index (χ0v) is 16.5. The first kappa shape index (κ1) is 20.2. The Morgan fingerprint density at radius 1 is 1.17 bits per heavy atom. The number of hydrogen-bond acceptors (Lipinski definition) is 5. The number of carbonyl (C=O) groups excluding carboxylic acids is 3. The molecule has 1 aliphatic rings. The molecule has 0 spiro atoms. The highest BCUT2D eigenvalue weighted by molar-refractivity contribution is 8.18. The minimum atomic E-state index is -0.494. The lowest BCUT2D eigenvalue weighted by atomic mass is 10.2. The Morgan fingerprint density at radius 2 is 1.86 bits per heavy atom. The first-order chi connectivity index (χ1) is 14.0. The second-order valence-electron chi connectivity index (χ2n) is 6.24. The number of benzene rings is 2. The largest absolute Gasteiger partial charge is 0.481 e. The summed E-state index contributed by atoms with van der Waals surface area (Å²) < 4.78 is 5.30. The third-order valence-electron chi connectivity index (χ3n) is 4.01. The van der Waals surface area contributed by atoms with Gasteiger partial charge < -0.3 is 10.1 Å². The maximum absolute atomic E-state index is 12.6. The van der Waals surface area contributed by atoms with Crippen LogP contribution in [0.5, 0.6) is 5.75 Å².